The predicted molar refractivity (Wildman–Crippen MR) is 85.0 cm³/mol. The minimum atomic E-state index is 0. The number of rotatable bonds is 3. The van der Waals surface area contributed by atoms with Crippen LogP contribution >= 0.6 is 12.4 Å². The fourth-order valence-electron chi connectivity index (χ4n) is 3.37. The van der Waals surface area contributed by atoms with Crippen LogP contribution in [0.3, 0.4) is 0 Å². The van der Waals surface area contributed by atoms with E-state index in [0.29, 0.717) is 24.3 Å². The lowest BCUT2D eigenvalue weighted by atomic mass is 9.92. The SMILES string of the molecule is CC1CCCN(C(=O)CN2CCCC(C(C)N)C2)C1.Cl. The van der Waals surface area contributed by atoms with Gasteiger partial charge in [0.1, 0.15) is 0 Å². The molecule has 20 heavy (non-hydrogen) atoms. The van der Waals surface area contributed by atoms with E-state index in [1.807, 2.05) is 0 Å². The average molecular weight is 304 g/mol. The molecule has 3 unspecified atom stereocenters. The van der Waals surface area contributed by atoms with Gasteiger partial charge in [0, 0.05) is 25.7 Å². The molecule has 2 aliphatic heterocycles. The number of piperidine rings is 2. The molecule has 2 heterocycles. The van der Waals surface area contributed by atoms with Crippen LogP contribution in [-0.2, 0) is 4.79 Å². The van der Waals surface area contributed by atoms with E-state index in [-0.39, 0.29) is 18.4 Å². The van der Waals surface area contributed by atoms with Crippen molar-refractivity contribution in [2.75, 3.05) is 32.7 Å². The second kappa shape index (κ2) is 8.20. The van der Waals surface area contributed by atoms with Gasteiger partial charge in [-0.15, -0.1) is 12.4 Å². The van der Waals surface area contributed by atoms with Gasteiger partial charge in [-0.3, -0.25) is 9.69 Å². The van der Waals surface area contributed by atoms with E-state index in [4.69, 9.17) is 5.73 Å². The van der Waals surface area contributed by atoms with Gasteiger partial charge in [-0.25, -0.2) is 0 Å². The van der Waals surface area contributed by atoms with Crippen molar-refractivity contribution in [1.82, 2.24) is 9.80 Å². The van der Waals surface area contributed by atoms with Crippen LogP contribution in [-0.4, -0.2) is 54.5 Å². The Kier molecular flexibility index (Phi) is 7.27. The van der Waals surface area contributed by atoms with Crippen molar-refractivity contribution in [3.05, 3.63) is 0 Å². The summed E-state index contributed by atoms with van der Waals surface area (Å²) in [6.45, 7) is 8.87. The number of carbonyl (C=O) groups excluding carboxylic acids is 1. The van der Waals surface area contributed by atoms with E-state index in [0.717, 1.165) is 32.6 Å². The molecular formula is C15H30ClN3O. The Morgan fingerprint density at radius 3 is 2.60 bits per heavy atom. The molecule has 0 saturated carbocycles. The van der Waals surface area contributed by atoms with Crippen molar-refractivity contribution in [3.8, 4) is 0 Å². The number of amides is 1. The highest BCUT2D eigenvalue weighted by Gasteiger charge is 2.27. The first-order valence-electron chi connectivity index (χ1n) is 7.82. The first-order valence-corrected chi connectivity index (χ1v) is 7.82. The zero-order valence-corrected chi connectivity index (χ0v) is 13.7. The lowest BCUT2D eigenvalue weighted by Gasteiger charge is -2.37. The molecule has 1 amide bonds. The van der Waals surface area contributed by atoms with Gasteiger partial charge in [0.05, 0.1) is 6.54 Å². The van der Waals surface area contributed by atoms with Gasteiger partial charge in [-0.05, 0) is 51.0 Å². The topological polar surface area (TPSA) is 49.6 Å². The number of carbonyl (C=O) groups is 1. The molecule has 0 aromatic carbocycles. The maximum Gasteiger partial charge on any atom is 0.236 e. The summed E-state index contributed by atoms with van der Waals surface area (Å²) in [5.74, 6) is 1.54. The largest absolute Gasteiger partial charge is 0.341 e. The minimum Gasteiger partial charge on any atom is -0.341 e. The summed E-state index contributed by atoms with van der Waals surface area (Å²) in [6.07, 6.45) is 4.81. The third kappa shape index (κ3) is 4.90. The molecule has 0 aliphatic carbocycles. The van der Waals surface area contributed by atoms with Crippen LogP contribution in [0, 0.1) is 11.8 Å². The smallest absolute Gasteiger partial charge is 0.236 e. The Balaban J connectivity index is 0.00000200. The molecule has 3 atom stereocenters. The summed E-state index contributed by atoms with van der Waals surface area (Å²) in [5, 5.41) is 0. The predicted octanol–water partition coefficient (Wildman–Crippen LogP) is 1.73. The summed E-state index contributed by atoms with van der Waals surface area (Å²) >= 11 is 0. The van der Waals surface area contributed by atoms with Crippen LogP contribution in [0.1, 0.15) is 39.5 Å². The third-order valence-electron chi connectivity index (χ3n) is 4.65. The Bertz CT molecular complexity index is 311. The van der Waals surface area contributed by atoms with Gasteiger partial charge in [0.15, 0.2) is 0 Å². The fraction of sp³-hybridized carbons (Fsp3) is 0.933. The molecular weight excluding hydrogens is 274 g/mol. The van der Waals surface area contributed by atoms with Crippen LogP contribution in [0.15, 0.2) is 0 Å². The highest BCUT2D eigenvalue weighted by molar-refractivity contribution is 5.85. The Morgan fingerprint density at radius 2 is 1.95 bits per heavy atom. The summed E-state index contributed by atoms with van der Waals surface area (Å²) in [4.78, 5) is 16.7. The van der Waals surface area contributed by atoms with E-state index in [9.17, 15) is 4.79 Å². The van der Waals surface area contributed by atoms with E-state index in [1.54, 1.807) is 0 Å². The number of nitrogens with two attached hydrogens (primary N) is 1. The van der Waals surface area contributed by atoms with Crippen LogP contribution in [0.2, 0.25) is 0 Å². The van der Waals surface area contributed by atoms with Gasteiger partial charge in [0.2, 0.25) is 5.91 Å². The van der Waals surface area contributed by atoms with E-state index < -0.39 is 0 Å². The van der Waals surface area contributed by atoms with E-state index in [2.05, 4.69) is 23.6 Å². The minimum absolute atomic E-state index is 0. The van der Waals surface area contributed by atoms with Gasteiger partial charge in [-0.1, -0.05) is 6.92 Å². The van der Waals surface area contributed by atoms with E-state index in [1.165, 1.54) is 19.3 Å². The maximum absolute atomic E-state index is 12.3. The molecule has 2 saturated heterocycles. The summed E-state index contributed by atoms with van der Waals surface area (Å²) < 4.78 is 0. The van der Waals surface area contributed by atoms with Gasteiger partial charge < -0.3 is 10.6 Å². The molecule has 2 aliphatic rings. The Hall–Kier alpha value is -0.320. The normalized spacial score (nSPS) is 29.6. The quantitative estimate of drug-likeness (QED) is 0.864. The van der Waals surface area contributed by atoms with Crippen LogP contribution in [0.4, 0.5) is 0 Å². The van der Waals surface area contributed by atoms with Crippen LogP contribution in [0.5, 0.6) is 0 Å². The first kappa shape index (κ1) is 17.7. The summed E-state index contributed by atoms with van der Waals surface area (Å²) in [5.41, 5.74) is 6.00. The summed E-state index contributed by atoms with van der Waals surface area (Å²) in [7, 11) is 0. The standard InChI is InChI=1S/C15H29N3O.ClH/c1-12-5-3-8-18(9-12)15(19)11-17-7-4-6-14(10-17)13(2)16;/h12-14H,3-11,16H2,1-2H3;1H. The number of halogens is 1. The maximum atomic E-state index is 12.3. The molecule has 118 valence electrons. The molecule has 0 bridgehead atoms. The second-order valence-corrected chi connectivity index (χ2v) is 6.58. The van der Waals surface area contributed by atoms with Crippen molar-refractivity contribution in [1.29, 1.82) is 0 Å². The van der Waals surface area contributed by atoms with Crippen molar-refractivity contribution < 1.29 is 4.79 Å². The first-order chi connectivity index (χ1) is 9.06. The Labute approximate surface area is 129 Å². The second-order valence-electron chi connectivity index (χ2n) is 6.58. The van der Waals surface area contributed by atoms with Crippen molar-refractivity contribution in [2.45, 2.75) is 45.6 Å². The van der Waals surface area contributed by atoms with Gasteiger partial charge in [-0.2, -0.15) is 0 Å². The molecule has 0 aromatic rings. The van der Waals surface area contributed by atoms with Crippen LogP contribution < -0.4 is 5.73 Å². The highest BCUT2D eigenvalue weighted by Crippen LogP contribution is 2.20. The molecule has 0 aromatic heterocycles. The number of likely N-dealkylation sites (tertiary alicyclic amines) is 2. The average Bonchev–Trinajstić information content (AvgIpc) is 2.39. The molecule has 4 nitrogen and oxygen atoms in total. The molecule has 0 spiro atoms. The van der Waals surface area contributed by atoms with Crippen molar-refractivity contribution >= 4 is 18.3 Å². The van der Waals surface area contributed by atoms with Crippen molar-refractivity contribution in [2.24, 2.45) is 17.6 Å². The van der Waals surface area contributed by atoms with Crippen molar-refractivity contribution in [3.63, 3.8) is 0 Å². The molecule has 5 heteroatoms. The molecule has 0 radical (unpaired) electrons. The Morgan fingerprint density at radius 1 is 1.25 bits per heavy atom. The molecule has 2 fully saturated rings. The zero-order chi connectivity index (χ0) is 13.8. The number of hydrogen-bond acceptors (Lipinski definition) is 3. The lowest BCUT2D eigenvalue weighted by Crippen LogP contribution is -2.48. The van der Waals surface area contributed by atoms with Crippen LogP contribution in [0.25, 0.3) is 0 Å². The number of nitrogens with zero attached hydrogens (tertiary/aromatic N) is 2. The lowest BCUT2D eigenvalue weighted by molar-refractivity contribution is -0.134. The van der Waals surface area contributed by atoms with Gasteiger partial charge in [0.25, 0.3) is 0 Å². The highest BCUT2D eigenvalue weighted by atomic mass is 35.5. The van der Waals surface area contributed by atoms with Gasteiger partial charge >= 0.3 is 0 Å². The zero-order valence-electron chi connectivity index (χ0n) is 12.9. The third-order valence-corrected chi connectivity index (χ3v) is 4.65. The number of hydrogen-bond donors (Lipinski definition) is 1. The molecule has 2 rings (SSSR count). The summed E-state index contributed by atoms with van der Waals surface area (Å²) in [6, 6.07) is 0.243. The monoisotopic (exact) mass is 303 g/mol. The fourth-order valence-corrected chi connectivity index (χ4v) is 3.37. The van der Waals surface area contributed by atoms with E-state index >= 15 is 0 Å². The molecule has 2 N–H and O–H groups in total.